The first kappa shape index (κ1) is 11.5. The zero-order valence-electron chi connectivity index (χ0n) is 9.03. The second-order valence-electron chi connectivity index (χ2n) is 3.94. The van der Waals surface area contributed by atoms with E-state index >= 15 is 0 Å². The highest BCUT2D eigenvalue weighted by Crippen LogP contribution is 2.18. The van der Waals surface area contributed by atoms with Gasteiger partial charge in [-0.15, -0.1) is 0 Å². The molecular formula is C10H20N2O2. The van der Waals surface area contributed by atoms with Crippen LogP contribution in [0.4, 0.5) is 0 Å². The van der Waals surface area contributed by atoms with Crippen molar-refractivity contribution in [2.75, 3.05) is 26.7 Å². The summed E-state index contributed by atoms with van der Waals surface area (Å²) in [5, 5.41) is 0. The van der Waals surface area contributed by atoms with Crippen LogP contribution in [0.5, 0.6) is 0 Å². The van der Waals surface area contributed by atoms with Crippen molar-refractivity contribution in [3.63, 3.8) is 0 Å². The van der Waals surface area contributed by atoms with Gasteiger partial charge < -0.3 is 15.4 Å². The maximum atomic E-state index is 11.4. The average molecular weight is 200 g/mol. The maximum Gasteiger partial charge on any atom is 0.323 e. The predicted octanol–water partition coefficient (Wildman–Crippen LogP) is 0.219. The van der Waals surface area contributed by atoms with E-state index in [9.17, 15) is 4.79 Å². The van der Waals surface area contributed by atoms with Crippen molar-refractivity contribution in [1.82, 2.24) is 4.90 Å². The van der Waals surface area contributed by atoms with Gasteiger partial charge in [-0.25, -0.2) is 0 Å². The van der Waals surface area contributed by atoms with Gasteiger partial charge in [0, 0.05) is 6.54 Å². The molecule has 2 atom stereocenters. The van der Waals surface area contributed by atoms with Crippen molar-refractivity contribution >= 4 is 5.97 Å². The molecule has 1 heterocycles. The predicted molar refractivity (Wildman–Crippen MR) is 54.8 cm³/mol. The smallest absolute Gasteiger partial charge is 0.323 e. The number of rotatable bonds is 3. The third-order valence-corrected chi connectivity index (χ3v) is 2.73. The van der Waals surface area contributed by atoms with Gasteiger partial charge in [0.15, 0.2) is 0 Å². The van der Waals surface area contributed by atoms with Crippen LogP contribution in [-0.4, -0.2) is 43.7 Å². The molecule has 1 saturated heterocycles. The number of piperidine rings is 1. The summed E-state index contributed by atoms with van der Waals surface area (Å²) in [5.41, 5.74) is 5.84. The Kier molecular flexibility index (Phi) is 4.35. The molecule has 1 aliphatic rings. The summed E-state index contributed by atoms with van der Waals surface area (Å²) >= 11 is 0. The minimum Gasteiger partial charge on any atom is -0.465 e. The number of carbonyl (C=O) groups is 1. The van der Waals surface area contributed by atoms with Crippen LogP contribution >= 0.6 is 0 Å². The Bertz CT molecular complexity index is 197. The molecule has 4 heteroatoms. The lowest BCUT2D eigenvalue weighted by Gasteiger charge is -2.32. The molecule has 0 aliphatic carbocycles. The van der Waals surface area contributed by atoms with Crippen LogP contribution < -0.4 is 5.73 Å². The Morgan fingerprint density at radius 1 is 1.71 bits per heavy atom. The van der Waals surface area contributed by atoms with Gasteiger partial charge in [-0.05, 0) is 39.3 Å². The fourth-order valence-corrected chi connectivity index (χ4v) is 1.93. The van der Waals surface area contributed by atoms with Crippen LogP contribution in [0.25, 0.3) is 0 Å². The highest BCUT2D eigenvalue weighted by atomic mass is 16.5. The van der Waals surface area contributed by atoms with E-state index in [1.807, 2.05) is 0 Å². The van der Waals surface area contributed by atoms with Gasteiger partial charge in [-0.3, -0.25) is 4.79 Å². The van der Waals surface area contributed by atoms with Crippen molar-refractivity contribution in [3.8, 4) is 0 Å². The molecule has 0 aromatic carbocycles. The third-order valence-electron chi connectivity index (χ3n) is 2.73. The van der Waals surface area contributed by atoms with Crippen LogP contribution in [0.1, 0.15) is 19.8 Å². The number of esters is 1. The van der Waals surface area contributed by atoms with E-state index < -0.39 is 6.04 Å². The van der Waals surface area contributed by atoms with Crippen LogP contribution in [0.2, 0.25) is 0 Å². The van der Waals surface area contributed by atoms with Crippen LogP contribution in [0, 0.1) is 5.92 Å². The van der Waals surface area contributed by atoms with Crippen LogP contribution in [0.15, 0.2) is 0 Å². The van der Waals surface area contributed by atoms with E-state index in [-0.39, 0.29) is 11.9 Å². The van der Waals surface area contributed by atoms with Gasteiger partial charge in [-0.1, -0.05) is 0 Å². The van der Waals surface area contributed by atoms with Gasteiger partial charge >= 0.3 is 5.97 Å². The molecule has 0 aromatic heterocycles. The summed E-state index contributed by atoms with van der Waals surface area (Å²) in [6.07, 6.45) is 2.15. The lowest BCUT2D eigenvalue weighted by molar-refractivity contribution is -0.146. The van der Waals surface area contributed by atoms with Gasteiger partial charge in [0.05, 0.1) is 6.61 Å². The average Bonchev–Trinajstić information content (AvgIpc) is 2.17. The number of ether oxygens (including phenoxy) is 1. The number of nitrogens with two attached hydrogens (primary N) is 1. The lowest BCUT2D eigenvalue weighted by atomic mass is 9.91. The fourth-order valence-electron chi connectivity index (χ4n) is 1.93. The molecule has 0 aromatic rings. The molecule has 2 N–H and O–H groups in total. The standard InChI is InChI=1S/C10H20N2O2/c1-3-14-10(13)9(11)8-5-4-6-12(2)7-8/h8-9H,3-7,11H2,1-2H3. The molecule has 0 saturated carbocycles. The highest BCUT2D eigenvalue weighted by molar-refractivity contribution is 5.75. The Labute approximate surface area is 85.4 Å². The first-order valence-corrected chi connectivity index (χ1v) is 5.26. The molecule has 82 valence electrons. The molecular weight excluding hydrogens is 180 g/mol. The topological polar surface area (TPSA) is 55.6 Å². The van der Waals surface area contributed by atoms with E-state index in [4.69, 9.17) is 10.5 Å². The molecule has 1 aliphatic heterocycles. The first-order valence-electron chi connectivity index (χ1n) is 5.26. The van der Waals surface area contributed by atoms with Gasteiger partial charge in [0.25, 0.3) is 0 Å². The molecule has 0 spiro atoms. The number of nitrogens with zero attached hydrogens (tertiary/aromatic N) is 1. The minimum atomic E-state index is -0.447. The molecule has 1 fully saturated rings. The normalized spacial score (nSPS) is 25.8. The van der Waals surface area contributed by atoms with Gasteiger partial charge in [0.1, 0.15) is 6.04 Å². The molecule has 0 bridgehead atoms. The van der Waals surface area contributed by atoms with E-state index in [1.165, 1.54) is 0 Å². The highest BCUT2D eigenvalue weighted by Gasteiger charge is 2.28. The van der Waals surface area contributed by atoms with Crippen molar-refractivity contribution in [3.05, 3.63) is 0 Å². The molecule has 0 radical (unpaired) electrons. The van der Waals surface area contributed by atoms with Gasteiger partial charge in [-0.2, -0.15) is 0 Å². The summed E-state index contributed by atoms with van der Waals surface area (Å²) in [4.78, 5) is 13.6. The molecule has 2 unspecified atom stereocenters. The van der Waals surface area contributed by atoms with E-state index in [0.29, 0.717) is 6.61 Å². The maximum absolute atomic E-state index is 11.4. The summed E-state index contributed by atoms with van der Waals surface area (Å²) in [6.45, 7) is 4.22. The number of hydrogen-bond donors (Lipinski definition) is 1. The van der Waals surface area contributed by atoms with Gasteiger partial charge in [0.2, 0.25) is 0 Å². The molecule has 14 heavy (non-hydrogen) atoms. The first-order chi connectivity index (χ1) is 6.65. The zero-order chi connectivity index (χ0) is 10.6. The zero-order valence-corrected chi connectivity index (χ0v) is 9.03. The number of carbonyl (C=O) groups excluding carboxylic acids is 1. The fraction of sp³-hybridized carbons (Fsp3) is 0.900. The third kappa shape index (κ3) is 2.96. The van der Waals surface area contributed by atoms with E-state index in [0.717, 1.165) is 25.9 Å². The van der Waals surface area contributed by atoms with Crippen molar-refractivity contribution < 1.29 is 9.53 Å². The van der Waals surface area contributed by atoms with Crippen molar-refractivity contribution in [2.24, 2.45) is 11.7 Å². The monoisotopic (exact) mass is 200 g/mol. The largest absolute Gasteiger partial charge is 0.465 e. The molecule has 0 amide bonds. The van der Waals surface area contributed by atoms with E-state index in [1.54, 1.807) is 6.92 Å². The van der Waals surface area contributed by atoms with Crippen LogP contribution in [0.3, 0.4) is 0 Å². The van der Waals surface area contributed by atoms with Crippen molar-refractivity contribution in [2.45, 2.75) is 25.8 Å². The number of hydrogen-bond acceptors (Lipinski definition) is 4. The second kappa shape index (κ2) is 5.32. The molecule has 4 nitrogen and oxygen atoms in total. The lowest BCUT2D eigenvalue weighted by Crippen LogP contribution is -2.46. The van der Waals surface area contributed by atoms with E-state index in [2.05, 4.69) is 11.9 Å². The second-order valence-corrected chi connectivity index (χ2v) is 3.94. The Balaban J connectivity index is 2.42. The Hall–Kier alpha value is -0.610. The van der Waals surface area contributed by atoms with Crippen molar-refractivity contribution in [1.29, 1.82) is 0 Å². The molecule has 1 rings (SSSR count). The minimum absolute atomic E-state index is 0.257. The Morgan fingerprint density at radius 3 is 3.00 bits per heavy atom. The summed E-state index contributed by atoms with van der Waals surface area (Å²) in [7, 11) is 2.06. The summed E-state index contributed by atoms with van der Waals surface area (Å²) < 4.78 is 4.91. The van der Waals surface area contributed by atoms with Crippen LogP contribution in [-0.2, 0) is 9.53 Å². The summed E-state index contributed by atoms with van der Waals surface area (Å²) in [6, 6.07) is -0.447. The Morgan fingerprint density at radius 2 is 2.43 bits per heavy atom. The summed E-state index contributed by atoms with van der Waals surface area (Å²) in [5.74, 6) is 0.000556. The quantitative estimate of drug-likeness (QED) is 0.662. The SMILES string of the molecule is CCOC(=O)C(N)C1CCCN(C)C1. The number of likely N-dealkylation sites (tertiary alicyclic amines) is 1.